The van der Waals surface area contributed by atoms with Gasteiger partial charge in [-0.1, -0.05) is 20.3 Å². The predicted octanol–water partition coefficient (Wildman–Crippen LogP) is 1.70. The third-order valence-corrected chi connectivity index (χ3v) is 3.11. The van der Waals surface area contributed by atoms with Crippen LogP contribution in [0.25, 0.3) is 0 Å². The molecule has 0 amide bonds. The van der Waals surface area contributed by atoms with Crippen molar-refractivity contribution in [2.45, 2.75) is 39.2 Å². The van der Waals surface area contributed by atoms with Gasteiger partial charge in [0.25, 0.3) is 0 Å². The molecule has 2 N–H and O–H groups in total. The fourth-order valence-corrected chi connectivity index (χ4v) is 2.08. The van der Waals surface area contributed by atoms with Gasteiger partial charge in [0.1, 0.15) is 0 Å². The Bertz CT molecular complexity index is 145. The average molecular weight is 184 g/mol. The third kappa shape index (κ3) is 3.65. The van der Waals surface area contributed by atoms with Gasteiger partial charge >= 0.3 is 0 Å². The lowest BCUT2D eigenvalue weighted by atomic mass is 9.87. The molecule has 2 atom stereocenters. The van der Waals surface area contributed by atoms with Gasteiger partial charge in [0.15, 0.2) is 0 Å². The van der Waals surface area contributed by atoms with Gasteiger partial charge in [0.05, 0.1) is 0 Å². The first-order chi connectivity index (χ1) is 6.09. The van der Waals surface area contributed by atoms with Crippen molar-refractivity contribution in [2.75, 3.05) is 20.1 Å². The second-order valence-corrected chi connectivity index (χ2v) is 4.95. The number of rotatable bonds is 3. The summed E-state index contributed by atoms with van der Waals surface area (Å²) >= 11 is 0. The number of hydrogen-bond donors (Lipinski definition) is 1. The monoisotopic (exact) mass is 184 g/mol. The molecule has 1 heterocycles. The molecule has 0 aromatic heterocycles. The SMILES string of the molecule is CC(C)CCC1CN(C)CCC1N. The van der Waals surface area contributed by atoms with Crippen molar-refractivity contribution < 1.29 is 0 Å². The van der Waals surface area contributed by atoms with Crippen LogP contribution in [0.2, 0.25) is 0 Å². The molecule has 2 heteroatoms. The van der Waals surface area contributed by atoms with E-state index in [1.165, 1.54) is 32.4 Å². The van der Waals surface area contributed by atoms with Crippen LogP contribution in [0.15, 0.2) is 0 Å². The summed E-state index contributed by atoms with van der Waals surface area (Å²) in [5.41, 5.74) is 6.10. The van der Waals surface area contributed by atoms with Crippen molar-refractivity contribution in [2.24, 2.45) is 17.6 Å². The van der Waals surface area contributed by atoms with E-state index in [1.807, 2.05) is 0 Å². The minimum absolute atomic E-state index is 0.454. The first kappa shape index (κ1) is 11.0. The van der Waals surface area contributed by atoms with Gasteiger partial charge in [0, 0.05) is 12.6 Å². The zero-order valence-corrected chi connectivity index (χ0v) is 9.29. The van der Waals surface area contributed by atoms with Gasteiger partial charge in [-0.2, -0.15) is 0 Å². The molecule has 2 unspecified atom stereocenters. The minimum atomic E-state index is 0.454. The Hall–Kier alpha value is -0.0800. The normalized spacial score (nSPS) is 31.2. The van der Waals surface area contributed by atoms with Crippen LogP contribution in [0.1, 0.15) is 33.1 Å². The van der Waals surface area contributed by atoms with E-state index >= 15 is 0 Å². The molecule has 1 saturated heterocycles. The predicted molar refractivity (Wildman–Crippen MR) is 57.7 cm³/mol. The molecule has 0 aromatic carbocycles. The lowest BCUT2D eigenvalue weighted by molar-refractivity contribution is 0.172. The van der Waals surface area contributed by atoms with Gasteiger partial charge in [-0.05, 0) is 38.3 Å². The van der Waals surface area contributed by atoms with E-state index in [4.69, 9.17) is 5.73 Å². The van der Waals surface area contributed by atoms with Crippen LogP contribution in [-0.2, 0) is 0 Å². The second kappa shape index (κ2) is 4.97. The van der Waals surface area contributed by atoms with Crippen molar-refractivity contribution in [3.8, 4) is 0 Å². The minimum Gasteiger partial charge on any atom is -0.327 e. The van der Waals surface area contributed by atoms with Crippen LogP contribution < -0.4 is 5.73 Å². The molecule has 1 aliphatic heterocycles. The summed E-state index contributed by atoms with van der Waals surface area (Å²) in [5.74, 6) is 1.56. The Labute approximate surface area is 82.5 Å². The lowest BCUT2D eigenvalue weighted by Crippen LogP contribution is -2.45. The zero-order chi connectivity index (χ0) is 9.84. The van der Waals surface area contributed by atoms with Crippen LogP contribution >= 0.6 is 0 Å². The van der Waals surface area contributed by atoms with E-state index in [0.717, 1.165) is 11.8 Å². The summed E-state index contributed by atoms with van der Waals surface area (Å²) in [6.07, 6.45) is 3.81. The second-order valence-electron chi connectivity index (χ2n) is 4.95. The Morgan fingerprint density at radius 2 is 2.15 bits per heavy atom. The number of hydrogen-bond acceptors (Lipinski definition) is 2. The van der Waals surface area contributed by atoms with Crippen molar-refractivity contribution in [3.63, 3.8) is 0 Å². The maximum atomic E-state index is 6.10. The summed E-state index contributed by atoms with van der Waals surface area (Å²) in [6, 6.07) is 0.454. The Kier molecular flexibility index (Phi) is 4.20. The standard InChI is InChI=1S/C11H24N2/c1-9(2)4-5-10-8-13(3)7-6-11(10)12/h9-11H,4-8,12H2,1-3H3. The number of likely N-dealkylation sites (tertiary alicyclic amines) is 1. The smallest absolute Gasteiger partial charge is 0.00915 e. The van der Waals surface area contributed by atoms with Crippen molar-refractivity contribution in [3.05, 3.63) is 0 Å². The first-order valence-corrected chi connectivity index (χ1v) is 5.53. The van der Waals surface area contributed by atoms with Crippen LogP contribution in [0, 0.1) is 11.8 Å². The third-order valence-electron chi connectivity index (χ3n) is 3.11. The van der Waals surface area contributed by atoms with Gasteiger partial charge in [-0.3, -0.25) is 0 Å². The highest BCUT2D eigenvalue weighted by molar-refractivity contribution is 4.81. The molecule has 0 radical (unpaired) electrons. The molecule has 78 valence electrons. The molecule has 1 aliphatic rings. The molecular weight excluding hydrogens is 160 g/mol. The van der Waals surface area contributed by atoms with Crippen LogP contribution in [-0.4, -0.2) is 31.1 Å². The quantitative estimate of drug-likeness (QED) is 0.723. The fourth-order valence-electron chi connectivity index (χ4n) is 2.08. The zero-order valence-electron chi connectivity index (χ0n) is 9.29. The Morgan fingerprint density at radius 3 is 2.77 bits per heavy atom. The van der Waals surface area contributed by atoms with E-state index in [1.54, 1.807) is 0 Å². The first-order valence-electron chi connectivity index (χ1n) is 5.53. The highest BCUT2D eigenvalue weighted by atomic mass is 15.1. The van der Waals surface area contributed by atoms with Gasteiger partial charge in [-0.25, -0.2) is 0 Å². The lowest BCUT2D eigenvalue weighted by Gasteiger charge is -2.35. The molecule has 0 aromatic rings. The van der Waals surface area contributed by atoms with Crippen LogP contribution in [0.4, 0.5) is 0 Å². The van der Waals surface area contributed by atoms with Crippen molar-refractivity contribution in [1.82, 2.24) is 4.90 Å². The van der Waals surface area contributed by atoms with E-state index in [2.05, 4.69) is 25.8 Å². The average Bonchev–Trinajstić information content (AvgIpc) is 2.06. The topological polar surface area (TPSA) is 29.3 Å². The molecule has 0 saturated carbocycles. The van der Waals surface area contributed by atoms with E-state index in [-0.39, 0.29) is 0 Å². The van der Waals surface area contributed by atoms with E-state index < -0.39 is 0 Å². The summed E-state index contributed by atoms with van der Waals surface area (Å²) < 4.78 is 0. The molecule has 1 rings (SSSR count). The number of nitrogens with two attached hydrogens (primary N) is 1. The highest BCUT2D eigenvalue weighted by Crippen LogP contribution is 2.21. The largest absolute Gasteiger partial charge is 0.327 e. The molecule has 0 bridgehead atoms. The Morgan fingerprint density at radius 1 is 1.46 bits per heavy atom. The van der Waals surface area contributed by atoms with Gasteiger partial charge in [0.2, 0.25) is 0 Å². The molecular formula is C11H24N2. The number of piperidine rings is 1. The maximum absolute atomic E-state index is 6.10. The van der Waals surface area contributed by atoms with E-state index in [9.17, 15) is 0 Å². The summed E-state index contributed by atoms with van der Waals surface area (Å²) in [5, 5.41) is 0. The molecule has 13 heavy (non-hydrogen) atoms. The maximum Gasteiger partial charge on any atom is 0.00915 e. The molecule has 1 fully saturated rings. The van der Waals surface area contributed by atoms with Gasteiger partial charge < -0.3 is 10.6 Å². The van der Waals surface area contributed by atoms with Crippen LogP contribution in [0.3, 0.4) is 0 Å². The summed E-state index contributed by atoms with van der Waals surface area (Å²) in [4.78, 5) is 2.41. The highest BCUT2D eigenvalue weighted by Gasteiger charge is 2.24. The molecule has 2 nitrogen and oxygen atoms in total. The fraction of sp³-hybridized carbons (Fsp3) is 1.00. The van der Waals surface area contributed by atoms with Crippen molar-refractivity contribution >= 4 is 0 Å². The summed E-state index contributed by atoms with van der Waals surface area (Å²) in [7, 11) is 2.20. The van der Waals surface area contributed by atoms with E-state index in [0.29, 0.717) is 6.04 Å². The molecule has 0 spiro atoms. The Balaban J connectivity index is 2.29. The van der Waals surface area contributed by atoms with Gasteiger partial charge in [-0.15, -0.1) is 0 Å². The summed E-state index contributed by atoms with van der Waals surface area (Å²) in [6.45, 7) is 6.96. The van der Waals surface area contributed by atoms with Crippen LogP contribution in [0.5, 0.6) is 0 Å². The number of nitrogens with zero attached hydrogens (tertiary/aromatic N) is 1. The van der Waals surface area contributed by atoms with Crippen molar-refractivity contribution in [1.29, 1.82) is 0 Å². The molecule has 0 aliphatic carbocycles.